The van der Waals surface area contributed by atoms with Gasteiger partial charge in [-0.05, 0) is 56.7 Å². The van der Waals surface area contributed by atoms with Gasteiger partial charge in [0.05, 0.1) is 17.8 Å². The predicted molar refractivity (Wildman–Crippen MR) is 163 cm³/mol. The van der Waals surface area contributed by atoms with E-state index in [1.165, 1.54) is 10.9 Å². The third kappa shape index (κ3) is 7.15. The number of primary amides is 1. The first-order valence-corrected chi connectivity index (χ1v) is 18.4. The van der Waals surface area contributed by atoms with Crippen LogP contribution in [-0.4, -0.2) is 51.0 Å². The molecule has 1 fully saturated rings. The highest BCUT2D eigenvalue weighted by molar-refractivity contribution is 6.76. The van der Waals surface area contributed by atoms with Crippen molar-refractivity contribution in [1.82, 2.24) is 24.5 Å². The van der Waals surface area contributed by atoms with Gasteiger partial charge in [0.2, 0.25) is 11.9 Å². The SMILES string of the molecule is Cc1nn(COCC[Si](C)(C)C)c(C)c1-c1ccc(NC(=O)C(c2cnn(C)c2C(N)=O)C2CCC(C)CC2)nc1F. The lowest BCUT2D eigenvalue weighted by Crippen LogP contribution is -2.32. The molecule has 1 saturated carbocycles. The van der Waals surface area contributed by atoms with Gasteiger partial charge in [0.25, 0.3) is 5.91 Å². The van der Waals surface area contributed by atoms with E-state index in [1.807, 2.05) is 13.8 Å². The van der Waals surface area contributed by atoms with E-state index in [4.69, 9.17) is 10.5 Å². The fourth-order valence-electron chi connectivity index (χ4n) is 5.85. The minimum Gasteiger partial charge on any atom is -0.364 e. The third-order valence-electron chi connectivity index (χ3n) is 8.31. The average Bonchev–Trinajstić information content (AvgIpc) is 3.41. The van der Waals surface area contributed by atoms with Crippen molar-refractivity contribution in [2.24, 2.45) is 24.6 Å². The van der Waals surface area contributed by atoms with E-state index in [9.17, 15) is 9.59 Å². The number of ether oxygens (including phenoxy) is 1. The van der Waals surface area contributed by atoms with Crippen LogP contribution in [0.1, 0.15) is 66.0 Å². The van der Waals surface area contributed by atoms with Gasteiger partial charge >= 0.3 is 0 Å². The van der Waals surface area contributed by atoms with E-state index in [1.54, 1.807) is 23.9 Å². The normalized spacial score (nSPS) is 18.2. The van der Waals surface area contributed by atoms with Gasteiger partial charge in [-0.1, -0.05) is 39.4 Å². The maximum absolute atomic E-state index is 15.5. The number of pyridine rings is 1. The molecule has 10 nitrogen and oxygen atoms in total. The summed E-state index contributed by atoms with van der Waals surface area (Å²) < 4.78 is 24.5. The molecule has 228 valence electrons. The number of carbonyl (C=O) groups excluding carboxylic acids is 2. The lowest BCUT2D eigenvalue weighted by molar-refractivity contribution is -0.119. The first-order chi connectivity index (χ1) is 19.8. The number of carbonyl (C=O) groups is 2. The van der Waals surface area contributed by atoms with Crippen molar-refractivity contribution >= 4 is 25.7 Å². The maximum Gasteiger partial charge on any atom is 0.267 e. The molecule has 0 spiro atoms. The first-order valence-electron chi connectivity index (χ1n) is 14.7. The summed E-state index contributed by atoms with van der Waals surface area (Å²) in [5.41, 5.74) is 8.76. The molecule has 1 aliphatic rings. The Kier molecular flexibility index (Phi) is 9.66. The molecule has 3 aromatic heterocycles. The summed E-state index contributed by atoms with van der Waals surface area (Å²) >= 11 is 0. The second-order valence-corrected chi connectivity index (χ2v) is 18.5. The Balaban J connectivity index is 1.55. The number of anilines is 1. The van der Waals surface area contributed by atoms with E-state index < -0.39 is 25.8 Å². The molecule has 3 heterocycles. The monoisotopic (exact) mass is 597 g/mol. The van der Waals surface area contributed by atoms with Gasteiger partial charge in [-0.25, -0.2) is 9.67 Å². The summed E-state index contributed by atoms with van der Waals surface area (Å²) in [6.45, 7) is 13.8. The van der Waals surface area contributed by atoms with Crippen LogP contribution in [0, 0.1) is 31.6 Å². The highest BCUT2D eigenvalue weighted by Crippen LogP contribution is 2.40. The number of nitrogens with one attached hydrogen (secondary N) is 1. The van der Waals surface area contributed by atoms with Crippen molar-refractivity contribution in [1.29, 1.82) is 0 Å². The molecule has 1 aliphatic carbocycles. The molecule has 0 aromatic carbocycles. The van der Waals surface area contributed by atoms with E-state index in [-0.39, 0.29) is 23.3 Å². The number of aryl methyl sites for hydroxylation is 2. The molecule has 0 saturated heterocycles. The fourth-order valence-corrected chi connectivity index (χ4v) is 6.61. The Labute approximate surface area is 248 Å². The Morgan fingerprint density at radius 3 is 2.50 bits per heavy atom. The van der Waals surface area contributed by atoms with Crippen molar-refractivity contribution in [2.75, 3.05) is 11.9 Å². The standard InChI is InChI=1S/C30H44FN7O3Si/c1-18-8-10-21(11-9-18)26(23-16-33-37(4)27(23)29(32)39)30(40)35-24-13-12-22(28(31)34-24)25-19(2)36-38(20(25)3)17-41-14-15-42(5,6)7/h12-13,16,18,21,26H,8-11,14-15,17H2,1-7H3,(H2,32,39)(H,34,35,40). The number of aromatic nitrogens is 5. The largest absolute Gasteiger partial charge is 0.364 e. The third-order valence-corrected chi connectivity index (χ3v) is 10.0. The van der Waals surface area contributed by atoms with Crippen LogP contribution in [0.3, 0.4) is 0 Å². The Hall–Kier alpha value is -3.38. The molecule has 2 amide bonds. The zero-order valence-electron chi connectivity index (χ0n) is 25.8. The molecule has 4 rings (SSSR count). The number of hydrogen-bond donors (Lipinski definition) is 2. The molecule has 0 bridgehead atoms. The van der Waals surface area contributed by atoms with E-state index in [0.717, 1.165) is 37.4 Å². The van der Waals surface area contributed by atoms with Gasteiger partial charge in [0.15, 0.2) is 0 Å². The number of halogens is 1. The van der Waals surface area contributed by atoms with Crippen molar-refractivity contribution < 1.29 is 18.7 Å². The topological polar surface area (TPSA) is 130 Å². The Morgan fingerprint density at radius 1 is 1.19 bits per heavy atom. The summed E-state index contributed by atoms with van der Waals surface area (Å²) in [5.74, 6) is -1.71. The van der Waals surface area contributed by atoms with E-state index >= 15 is 4.39 Å². The van der Waals surface area contributed by atoms with Crippen LogP contribution in [0.5, 0.6) is 0 Å². The van der Waals surface area contributed by atoms with Gasteiger partial charge in [-0.2, -0.15) is 14.6 Å². The van der Waals surface area contributed by atoms with Crippen LogP contribution < -0.4 is 11.1 Å². The summed E-state index contributed by atoms with van der Waals surface area (Å²) in [5, 5.41) is 11.6. The Bertz CT molecular complexity index is 1440. The second kappa shape index (κ2) is 12.9. The number of amides is 2. The number of rotatable bonds is 11. The quantitative estimate of drug-likeness (QED) is 0.173. The number of nitrogens with two attached hydrogens (primary N) is 1. The van der Waals surface area contributed by atoms with Crippen LogP contribution in [0.15, 0.2) is 18.3 Å². The van der Waals surface area contributed by atoms with Crippen LogP contribution in [0.25, 0.3) is 11.1 Å². The second-order valence-electron chi connectivity index (χ2n) is 12.9. The number of nitrogens with zero attached hydrogens (tertiary/aromatic N) is 5. The van der Waals surface area contributed by atoms with Crippen molar-refractivity contribution in [3.8, 4) is 11.1 Å². The van der Waals surface area contributed by atoms with Crippen molar-refractivity contribution in [3.63, 3.8) is 0 Å². The Morgan fingerprint density at radius 2 is 1.88 bits per heavy atom. The molecule has 0 radical (unpaired) electrons. The molecular formula is C30H44FN7O3Si. The van der Waals surface area contributed by atoms with Crippen LogP contribution >= 0.6 is 0 Å². The molecule has 1 atom stereocenters. The van der Waals surface area contributed by atoms with Crippen molar-refractivity contribution in [3.05, 3.63) is 46.9 Å². The molecule has 3 aromatic rings. The molecule has 12 heteroatoms. The van der Waals surface area contributed by atoms with Gasteiger partial charge in [-0.15, -0.1) is 0 Å². The fraction of sp³-hybridized carbons (Fsp3) is 0.567. The first kappa shape index (κ1) is 31.6. The smallest absolute Gasteiger partial charge is 0.267 e. The summed E-state index contributed by atoms with van der Waals surface area (Å²) in [6, 6.07) is 4.26. The number of hydrogen-bond acceptors (Lipinski definition) is 6. The average molecular weight is 598 g/mol. The van der Waals surface area contributed by atoms with Gasteiger partial charge in [0, 0.05) is 44.1 Å². The zero-order valence-corrected chi connectivity index (χ0v) is 26.8. The highest BCUT2D eigenvalue weighted by atomic mass is 28.3. The molecule has 3 N–H and O–H groups in total. The van der Waals surface area contributed by atoms with Gasteiger partial charge in [-0.3, -0.25) is 14.3 Å². The summed E-state index contributed by atoms with van der Waals surface area (Å²) in [6.07, 6.45) is 5.17. The van der Waals surface area contributed by atoms with E-state index in [2.05, 4.69) is 47.1 Å². The predicted octanol–water partition coefficient (Wildman–Crippen LogP) is 5.39. The lowest BCUT2D eigenvalue weighted by atomic mass is 9.73. The van der Waals surface area contributed by atoms with Gasteiger partial charge < -0.3 is 15.8 Å². The van der Waals surface area contributed by atoms with E-state index in [0.29, 0.717) is 41.6 Å². The minimum atomic E-state index is -1.21. The molecule has 0 aliphatic heterocycles. The summed E-state index contributed by atoms with van der Waals surface area (Å²) in [4.78, 5) is 30.1. The zero-order chi connectivity index (χ0) is 30.8. The van der Waals surface area contributed by atoms with Crippen LogP contribution in [-0.2, 0) is 23.3 Å². The van der Waals surface area contributed by atoms with Crippen LogP contribution in [0.4, 0.5) is 10.2 Å². The molecular weight excluding hydrogens is 553 g/mol. The molecule has 42 heavy (non-hydrogen) atoms. The highest BCUT2D eigenvalue weighted by Gasteiger charge is 2.36. The summed E-state index contributed by atoms with van der Waals surface area (Å²) in [7, 11) is 0.422. The van der Waals surface area contributed by atoms with Crippen LogP contribution in [0.2, 0.25) is 25.7 Å². The minimum absolute atomic E-state index is 0.00304. The van der Waals surface area contributed by atoms with Crippen molar-refractivity contribution in [2.45, 2.75) is 84.8 Å². The molecule has 1 unspecified atom stereocenters. The van der Waals surface area contributed by atoms with Gasteiger partial charge in [0.1, 0.15) is 18.2 Å². The maximum atomic E-state index is 15.5. The lowest BCUT2D eigenvalue weighted by Gasteiger charge is -2.32.